The van der Waals surface area contributed by atoms with Crippen LogP contribution in [0.15, 0.2) is 22.7 Å². The summed E-state index contributed by atoms with van der Waals surface area (Å²) in [5.41, 5.74) is 1.14. The zero-order chi connectivity index (χ0) is 14.1. The molecule has 0 atom stereocenters. The molecule has 0 fully saturated rings. The summed E-state index contributed by atoms with van der Waals surface area (Å²) in [7, 11) is 5.78. The van der Waals surface area contributed by atoms with E-state index >= 15 is 0 Å². The smallest absolute Gasteiger partial charge is 0.123 e. The molecule has 0 unspecified atom stereocenters. The van der Waals surface area contributed by atoms with Gasteiger partial charge in [-0.2, -0.15) is 0 Å². The Balaban J connectivity index is 2.20. The summed E-state index contributed by atoms with van der Waals surface area (Å²) in [5.74, 6) is 0.907. The molecule has 0 aliphatic carbocycles. The topological polar surface area (TPSA) is 33.7 Å². The van der Waals surface area contributed by atoms with Crippen molar-refractivity contribution in [3.8, 4) is 5.75 Å². The van der Waals surface area contributed by atoms with Crippen LogP contribution in [0.1, 0.15) is 5.56 Å². The lowest BCUT2D eigenvalue weighted by Gasteiger charge is -2.11. The van der Waals surface area contributed by atoms with Crippen molar-refractivity contribution in [3.05, 3.63) is 28.2 Å². The number of ether oxygens (including phenoxy) is 2. The Kier molecular flexibility index (Phi) is 8.05. The highest BCUT2D eigenvalue weighted by Crippen LogP contribution is 2.22. The van der Waals surface area contributed by atoms with Crippen LogP contribution in [0, 0.1) is 0 Å². The molecule has 1 aromatic rings. The molecule has 0 aromatic heterocycles. The lowest BCUT2D eigenvalue weighted by Crippen LogP contribution is -2.23. The van der Waals surface area contributed by atoms with Gasteiger partial charge in [0.1, 0.15) is 5.75 Å². The van der Waals surface area contributed by atoms with Gasteiger partial charge >= 0.3 is 0 Å². The highest BCUT2D eigenvalue weighted by atomic mass is 79.9. The van der Waals surface area contributed by atoms with E-state index in [0.717, 1.165) is 48.6 Å². The summed E-state index contributed by atoms with van der Waals surface area (Å²) in [4.78, 5) is 2.11. The quantitative estimate of drug-likeness (QED) is 0.703. The van der Waals surface area contributed by atoms with Crippen LogP contribution >= 0.6 is 15.9 Å². The molecule has 0 spiro atoms. The summed E-state index contributed by atoms with van der Waals surface area (Å²) < 4.78 is 11.9. The molecule has 1 rings (SSSR count). The highest BCUT2D eigenvalue weighted by molar-refractivity contribution is 9.10. The Bertz CT molecular complexity index is 372. The van der Waals surface area contributed by atoms with Gasteiger partial charge in [0.25, 0.3) is 0 Å². The van der Waals surface area contributed by atoms with Crippen molar-refractivity contribution in [3.63, 3.8) is 0 Å². The van der Waals surface area contributed by atoms with Crippen LogP contribution in [0.25, 0.3) is 0 Å². The Hall–Kier alpha value is -0.620. The van der Waals surface area contributed by atoms with Gasteiger partial charge in [-0.15, -0.1) is 0 Å². The minimum absolute atomic E-state index is 0.726. The molecule has 1 N–H and O–H groups in total. The van der Waals surface area contributed by atoms with Gasteiger partial charge in [-0.1, -0.05) is 15.9 Å². The third-order valence-corrected chi connectivity index (χ3v) is 3.16. The maximum absolute atomic E-state index is 5.52. The summed E-state index contributed by atoms with van der Waals surface area (Å²) in [6.45, 7) is 4.07. The average molecular weight is 331 g/mol. The van der Waals surface area contributed by atoms with Gasteiger partial charge in [-0.3, -0.25) is 0 Å². The first-order valence-corrected chi connectivity index (χ1v) is 7.18. The van der Waals surface area contributed by atoms with E-state index < -0.39 is 0 Å². The van der Waals surface area contributed by atoms with E-state index in [1.165, 1.54) is 0 Å². The molecule has 108 valence electrons. The number of benzene rings is 1. The third-order valence-electron chi connectivity index (χ3n) is 2.66. The molecule has 0 heterocycles. The van der Waals surface area contributed by atoms with Crippen molar-refractivity contribution in [1.82, 2.24) is 10.2 Å². The van der Waals surface area contributed by atoms with Gasteiger partial charge in [-0.25, -0.2) is 0 Å². The molecule has 19 heavy (non-hydrogen) atoms. The number of hydrogen-bond donors (Lipinski definition) is 1. The van der Waals surface area contributed by atoms with E-state index in [0.29, 0.717) is 0 Å². The zero-order valence-electron chi connectivity index (χ0n) is 11.9. The fraction of sp³-hybridized carbons (Fsp3) is 0.571. The van der Waals surface area contributed by atoms with Gasteiger partial charge in [-0.05, 0) is 32.3 Å². The van der Waals surface area contributed by atoms with Crippen molar-refractivity contribution >= 4 is 15.9 Å². The molecule has 0 saturated heterocycles. The van der Waals surface area contributed by atoms with Crippen molar-refractivity contribution in [1.29, 1.82) is 0 Å². The molecule has 0 amide bonds. The predicted molar refractivity (Wildman–Crippen MR) is 81.8 cm³/mol. The van der Waals surface area contributed by atoms with Gasteiger partial charge in [0.05, 0.1) is 20.3 Å². The molecular weight excluding hydrogens is 308 g/mol. The van der Waals surface area contributed by atoms with E-state index in [2.05, 4.69) is 32.2 Å². The summed E-state index contributed by atoms with van der Waals surface area (Å²) in [6.07, 6.45) is 0. The highest BCUT2D eigenvalue weighted by Gasteiger charge is 2.02. The first-order valence-electron chi connectivity index (χ1n) is 6.39. The Morgan fingerprint density at radius 1 is 1.26 bits per heavy atom. The second-order valence-electron chi connectivity index (χ2n) is 4.55. The standard InChI is InChI=1S/C14H23BrN2O2/c1-17(2)7-9-19-8-6-16-11-12-10-13(15)4-5-14(12)18-3/h4-5,10,16H,6-9,11H2,1-3H3. The minimum Gasteiger partial charge on any atom is -0.496 e. The van der Waals surface area contributed by atoms with Gasteiger partial charge in [0.15, 0.2) is 0 Å². The van der Waals surface area contributed by atoms with Crippen molar-refractivity contribution in [2.75, 3.05) is 47.5 Å². The normalized spacial score (nSPS) is 11.0. The second kappa shape index (κ2) is 9.31. The van der Waals surface area contributed by atoms with Crippen LogP contribution in [-0.4, -0.2) is 52.4 Å². The molecular formula is C14H23BrN2O2. The van der Waals surface area contributed by atoms with Crippen molar-refractivity contribution < 1.29 is 9.47 Å². The lowest BCUT2D eigenvalue weighted by atomic mass is 10.2. The van der Waals surface area contributed by atoms with Crippen LogP contribution < -0.4 is 10.1 Å². The van der Waals surface area contributed by atoms with E-state index in [-0.39, 0.29) is 0 Å². The fourth-order valence-corrected chi connectivity index (χ4v) is 2.01. The van der Waals surface area contributed by atoms with Gasteiger partial charge < -0.3 is 19.7 Å². The predicted octanol–water partition coefficient (Wildman–Crippen LogP) is 2.13. The molecule has 5 heteroatoms. The van der Waals surface area contributed by atoms with E-state index in [9.17, 15) is 0 Å². The number of likely N-dealkylation sites (N-methyl/N-ethyl adjacent to an activating group) is 1. The molecule has 0 aliphatic heterocycles. The Morgan fingerprint density at radius 2 is 2.05 bits per heavy atom. The molecule has 0 aliphatic rings. The monoisotopic (exact) mass is 330 g/mol. The lowest BCUT2D eigenvalue weighted by molar-refractivity contribution is 0.119. The molecule has 0 radical (unpaired) electrons. The number of halogens is 1. The van der Waals surface area contributed by atoms with Gasteiger partial charge in [0, 0.05) is 29.7 Å². The number of methoxy groups -OCH3 is 1. The summed E-state index contributed by atoms with van der Waals surface area (Å²) >= 11 is 3.47. The van der Waals surface area contributed by atoms with Crippen LogP contribution in [0.3, 0.4) is 0 Å². The molecule has 0 bridgehead atoms. The Morgan fingerprint density at radius 3 is 2.74 bits per heavy atom. The zero-order valence-corrected chi connectivity index (χ0v) is 13.5. The molecule has 1 aromatic carbocycles. The third kappa shape index (κ3) is 6.92. The molecule has 0 saturated carbocycles. The second-order valence-corrected chi connectivity index (χ2v) is 5.46. The minimum atomic E-state index is 0.726. The van der Waals surface area contributed by atoms with E-state index in [4.69, 9.17) is 9.47 Å². The number of nitrogens with one attached hydrogen (secondary N) is 1. The number of nitrogens with zero attached hydrogens (tertiary/aromatic N) is 1. The number of rotatable bonds is 9. The van der Waals surface area contributed by atoms with E-state index in [1.807, 2.05) is 26.2 Å². The van der Waals surface area contributed by atoms with E-state index in [1.54, 1.807) is 7.11 Å². The molecule has 4 nitrogen and oxygen atoms in total. The SMILES string of the molecule is COc1ccc(Br)cc1CNCCOCCN(C)C. The fourth-order valence-electron chi connectivity index (χ4n) is 1.60. The van der Waals surface area contributed by atoms with Gasteiger partial charge in [0.2, 0.25) is 0 Å². The summed E-state index contributed by atoms with van der Waals surface area (Å²) in [5, 5.41) is 3.35. The van der Waals surface area contributed by atoms with Crippen LogP contribution in [0.4, 0.5) is 0 Å². The summed E-state index contributed by atoms with van der Waals surface area (Å²) in [6, 6.07) is 6.01. The van der Waals surface area contributed by atoms with Crippen LogP contribution in [0.2, 0.25) is 0 Å². The largest absolute Gasteiger partial charge is 0.496 e. The van der Waals surface area contributed by atoms with Crippen molar-refractivity contribution in [2.45, 2.75) is 6.54 Å². The van der Waals surface area contributed by atoms with Crippen LogP contribution in [-0.2, 0) is 11.3 Å². The maximum atomic E-state index is 5.52. The van der Waals surface area contributed by atoms with Crippen molar-refractivity contribution in [2.24, 2.45) is 0 Å². The van der Waals surface area contributed by atoms with Crippen LogP contribution in [0.5, 0.6) is 5.75 Å². The first kappa shape index (κ1) is 16.4. The Labute approximate surface area is 124 Å². The first-order chi connectivity index (χ1) is 9.13. The number of hydrogen-bond acceptors (Lipinski definition) is 4. The average Bonchev–Trinajstić information content (AvgIpc) is 2.37. The maximum Gasteiger partial charge on any atom is 0.123 e.